The first-order valence-corrected chi connectivity index (χ1v) is 10.2. The molecule has 3 aromatic rings. The predicted octanol–water partition coefficient (Wildman–Crippen LogP) is 5.27. The van der Waals surface area contributed by atoms with Crippen molar-refractivity contribution in [2.75, 3.05) is 12.3 Å². The summed E-state index contributed by atoms with van der Waals surface area (Å²) in [6.45, 7) is 0.620. The van der Waals surface area contributed by atoms with Crippen molar-refractivity contribution in [2.24, 2.45) is 0 Å². The number of amides is 1. The van der Waals surface area contributed by atoms with Crippen LogP contribution < -0.4 is 4.74 Å². The summed E-state index contributed by atoms with van der Waals surface area (Å²) < 4.78 is 5.92. The SMILES string of the molecule is O=C(c1ccc([N+](=O)[O-])cc1)N1CCS[C@@H]1c1cccc(Oc2ccccc2)c1. The molecule has 1 aliphatic rings. The molecule has 1 fully saturated rings. The number of nitro groups is 1. The van der Waals surface area contributed by atoms with Crippen molar-refractivity contribution in [3.05, 3.63) is 100 Å². The van der Waals surface area contributed by atoms with Gasteiger partial charge in [0.1, 0.15) is 16.9 Å². The normalized spacial score (nSPS) is 15.9. The molecule has 0 saturated carbocycles. The number of nitrogens with zero attached hydrogens (tertiary/aromatic N) is 2. The van der Waals surface area contributed by atoms with Crippen LogP contribution in [-0.4, -0.2) is 28.0 Å². The third-order valence-corrected chi connectivity index (χ3v) is 5.86. The van der Waals surface area contributed by atoms with Crippen molar-refractivity contribution in [3.63, 3.8) is 0 Å². The van der Waals surface area contributed by atoms with Gasteiger partial charge >= 0.3 is 0 Å². The molecule has 1 amide bonds. The first-order chi connectivity index (χ1) is 14.1. The number of ether oxygens (including phenoxy) is 1. The molecule has 6 nitrogen and oxygen atoms in total. The highest BCUT2D eigenvalue weighted by Gasteiger charge is 2.31. The van der Waals surface area contributed by atoms with Gasteiger partial charge in [0.2, 0.25) is 0 Å². The molecule has 29 heavy (non-hydrogen) atoms. The van der Waals surface area contributed by atoms with Gasteiger partial charge in [0.05, 0.1) is 4.92 Å². The average molecular weight is 406 g/mol. The Hall–Kier alpha value is -3.32. The van der Waals surface area contributed by atoms with Gasteiger partial charge < -0.3 is 9.64 Å². The lowest BCUT2D eigenvalue weighted by Crippen LogP contribution is -2.30. The number of carbonyl (C=O) groups excluding carboxylic acids is 1. The quantitative estimate of drug-likeness (QED) is 0.426. The number of carbonyl (C=O) groups is 1. The van der Waals surface area contributed by atoms with E-state index in [2.05, 4.69) is 0 Å². The number of rotatable bonds is 5. The highest BCUT2D eigenvalue weighted by Crippen LogP contribution is 2.40. The first-order valence-electron chi connectivity index (χ1n) is 9.12. The van der Waals surface area contributed by atoms with E-state index in [-0.39, 0.29) is 17.0 Å². The molecule has 4 rings (SSSR count). The standard InChI is InChI=1S/C22H18N2O4S/c25-21(16-9-11-18(12-10-16)24(26)27)23-13-14-29-22(23)17-5-4-8-20(15-17)28-19-6-2-1-3-7-19/h1-12,15,22H,13-14H2/t22-/m1/s1. The summed E-state index contributed by atoms with van der Waals surface area (Å²) in [5.74, 6) is 2.16. The van der Waals surface area contributed by atoms with Crippen molar-refractivity contribution >= 4 is 23.4 Å². The van der Waals surface area contributed by atoms with Gasteiger partial charge in [-0.1, -0.05) is 30.3 Å². The number of thioether (sulfide) groups is 1. The lowest BCUT2D eigenvalue weighted by molar-refractivity contribution is -0.384. The van der Waals surface area contributed by atoms with E-state index >= 15 is 0 Å². The monoisotopic (exact) mass is 406 g/mol. The zero-order valence-corrected chi connectivity index (χ0v) is 16.2. The van der Waals surface area contributed by atoms with Crippen LogP contribution in [0, 0.1) is 10.1 Å². The summed E-state index contributed by atoms with van der Waals surface area (Å²) in [4.78, 5) is 25.2. The van der Waals surface area contributed by atoms with Gasteiger partial charge in [0.15, 0.2) is 0 Å². The van der Waals surface area contributed by atoms with Crippen molar-refractivity contribution < 1.29 is 14.5 Å². The van der Waals surface area contributed by atoms with Crippen molar-refractivity contribution in [1.29, 1.82) is 0 Å². The summed E-state index contributed by atoms with van der Waals surface area (Å²) >= 11 is 1.69. The van der Waals surface area contributed by atoms with Gasteiger partial charge in [-0.3, -0.25) is 14.9 Å². The van der Waals surface area contributed by atoms with E-state index in [9.17, 15) is 14.9 Å². The fraction of sp³-hybridized carbons (Fsp3) is 0.136. The average Bonchev–Trinajstić information content (AvgIpc) is 3.24. The van der Waals surface area contributed by atoms with E-state index in [1.807, 2.05) is 54.6 Å². The highest BCUT2D eigenvalue weighted by molar-refractivity contribution is 7.99. The van der Waals surface area contributed by atoms with Crippen molar-refractivity contribution in [1.82, 2.24) is 4.90 Å². The van der Waals surface area contributed by atoms with Crippen LogP contribution in [0.4, 0.5) is 5.69 Å². The Labute approximate surface area is 172 Å². The Bertz CT molecular complexity index is 1020. The van der Waals surface area contributed by atoms with Crippen LogP contribution in [0.2, 0.25) is 0 Å². The third-order valence-electron chi connectivity index (χ3n) is 4.60. The number of hydrogen-bond acceptors (Lipinski definition) is 5. The van der Waals surface area contributed by atoms with E-state index in [1.54, 1.807) is 16.7 Å². The van der Waals surface area contributed by atoms with Gasteiger partial charge in [-0.2, -0.15) is 0 Å². The summed E-state index contributed by atoms with van der Waals surface area (Å²) in [6, 6.07) is 23.0. The maximum absolute atomic E-state index is 13.0. The van der Waals surface area contributed by atoms with Crippen molar-refractivity contribution in [2.45, 2.75) is 5.37 Å². The lowest BCUT2D eigenvalue weighted by atomic mass is 10.1. The minimum Gasteiger partial charge on any atom is -0.457 e. The molecule has 1 heterocycles. The number of hydrogen-bond donors (Lipinski definition) is 0. The molecule has 1 saturated heterocycles. The molecule has 0 N–H and O–H groups in total. The maximum atomic E-state index is 13.0. The van der Waals surface area contributed by atoms with E-state index in [4.69, 9.17) is 4.74 Å². The Kier molecular flexibility index (Phi) is 5.48. The Balaban J connectivity index is 1.54. The fourth-order valence-corrected chi connectivity index (χ4v) is 4.45. The van der Waals surface area contributed by atoms with E-state index in [1.165, 1.54) is 24.3 Å². The molecule has 146 valence electrons. The van der Waals surface area contributed by atoms with Crippen molar-refractivity contribution in [3.8, 4) is 11.5 Å². The van der Waals surface area contributed by atoms with Crippen LogP contribution in [0.5, 0.6) is 11.5 Å². The minimum absolute atomic E-state index is 0.0281. The van der Waals surface area contributed by atoms with Crippen LogP contribution in [0.25, 0.3) is 0 Å². The zero-order valence-electron chi connectivity index (χ0n) is 15.4. The smallest absolute Gasteiger partial charge is 0.269 e. The summed E-state index contributed by atoms with van der Waals surface area (Å²) in [6.07, 6.45) is 0. The van der Waals surface area contributed by atoms with Crippen LogP contribution in [-0.2, 0) is 0 Å². The Morgan fingerprint density at radius 3 is 2.45 bits per heavy atom. The predicted molar refractivity (Wildman–Crippen MR) is 112 cm³/mol. The zero-order chi connectivity index (χ0) is 20.2. The number of nitro benzene ring substituents is 1. The van der Waals surface area contributed by atoms with E-state index in [0.717, 1.165) is 17.1 Å². The van der Waals surface area contributed by atoms with Gasteiger partial charge in [0.25, 0.3) is 11.6 Å². The lowest BCUT2D eigenvalue weighted by Gasteiger charge is -2.24. The number of para-hydroxylation sites is 1. The summed E-state index contributed by atoms with van der Waals surface area (Å²) in [7, 11) is 0. The first kappa shape index (κ1) is 19.0. The van der Waals surface area contributed by atoms with E-state index < -0.39 is 4.92 Å². The Morgan fingerprint density at radius 2 is 1.72 bits per heavy atom. The molecule has 1 atom stereocenters. The molecular formula is C22H18N2O4S. The fourth-order valence-electron chi connectivity index (χ4n) is 3.20. The molecular weight excluding hydrogens is 388 g/mol. The van der Waals surface area contributed by atoms with Crippen LogP contribution in [0.3, 0.4) is 0 Å². The van der Waals surface area contributed by atoms with Crippen LogP contribution in [0.1, 0.15) is 21.3 Å². The highest BCUT2D eigenvalue weighted by atomic mass is 32.2. The Morgan fingerprint density at radius 1 is 1.00 bits per heavy atom. The second-order valence-corrected chi connectivity index (χ2v) is 7.70. The largest absolute Gasteiger partial charge is 0.457 e. The molecule has 0 unspecified atom stereocenters. The van der Waals surface area contributed by atoms with E-state index in [0.29, 0.717) is 17.9 Å². The number of benzene rings is 3. The topological polar surface area (TPSA) is 72.7 Å². The molecule has 0 radical (unpaired) electrons. The minimum atomic E-state index is -0.471. The molecule has 7 heteroatoms. The molecule has 0 bridgehead atoms. The molecule has 0 aromatic heterocycles. The van der Waals surface area contributed by atoms with Crippen LogP contribution >= 0.6 is 11.8 Å². The van der Waals surface area contributed by atoms with Gasteiger partial charge in [0, 0.05) is 30.0 Å². The number of non-ortho nitro benzene ring substituents is 1. The summed E-state index contributed by atoms with van der Waals surface area (Å²) in [5.41, 5.74) is 1.40. The van der Waals surface area contributed by atoms with Gasteiger partial charge in [-0.15, -0.1) is 11.8 Å². The van der Waals surface area contributed by atoms with Crippen LogP contribution in [0.15, 0.2) is 78.9 Å². The van der Waals surface area contributed by atoms with Gasteiger partial charge in [-0.25, -0.2) is 0 Å². The maximum Gasteiger partial charge on any atom is 0.269 e. The summed E-state index contributed by atoms with van der Waals surface area (Å²) in [5, 5.41) is 10.7. The molecule has 1 aliphatic heterocycles. The molecule has 0 spiro atoms. The third kappa shape index (κ3) is 4.25. The second kappa shape index (κ2) is 8.36. The molecule has 0 aliphatic carbocycles. The molecule has 3 aromatic carbocycles. The van der Waals surface area contributed by atoms with Gasteiger partial charge in [-0.05, 0) is 42.0 Å². The second-order valence-electron chi connectivity index (χ2n) is 6.51.